The number of hydrogen-bond acceptors (Lipinski definition) is 4. The molecular weight excluding hydrogens is 324 g/mol. The van der Waals surface area contributed by atoms with Gasteiger partial charge in [-0.05, 0) is 49.1 Å². The van der Waals surface area contributed by atoms with Crippen molar-refractivity contribution in [2.45, 2.75) is 26.6 Å². The van der Waals surface area contributed by atoms with Gasteiger partial charge in [0.2, 0.25) is 0 Å². The molecule has 0 radical (unpaired) electrons. The molecule has 0 aliphatic carbocycles. The molecule has 2 rings (SSSR count). The van der Waals surface area contributed by atoms with E-state index in [1.165, 1.54) is 10.4 Å². The molecule has 0 saturated carbocycles. The van der Waals surface area contributed by atoms with E-state index in [1.54, 1.807) is 11.3 Å². The molecule has 19 heavy (non-hydrogen) atoms. The van der Waals surface area contributed by atoms with Gasteiger partial charge in [-0.15, -0.1) is 11.3 Å². The van der Waals surface area contributed by atoms with E-state index in [1.807, 2.05) is 14.0 Å². The van der Waals surface area contributed by atoms with Crippen LogP contribution in [0.4, 0.5) is 0 Å². The van der Waals surface area contributed by atoms with E-state index in [9.17, 15) is 0 Å². The molecule has 0 fully saturated rings. The van der Waals surface area contributed by atoms with Crippen LogP contribution in [-0.4, -0.2) is 19.0 Å². The first kappa shape index (κ1) is 14.8. The van der Waals surface area contributed by atoms with Crippen LogP contribution in [0.1, 0.15) is 22.0 Å². The molecule has 2 aromatic rings. The zero-order chi connectivity index (χ0) is 13.8. The molecule has 0 aromatic carbocycles. The number of thiophene rings is 1. The lowest BCUT2D eigenvalue weighted by atomic mass is 10.2. The standard InChI is InChI=1S/C14H19BrN2OS/c1-10-11(6-16-2)4-13(18-10)7-17(3)8-14-5-12(15)9-19-14/h4-5,9,16H,6-8H2,1-3H3. The van der Waals surface area contributed by atoms with E-state index in [2.05, 4.69) is 50.7 Å². The Morgan fingerprint density at radius 2 is 2.16 bits per heavy atom. The number of rotatable bonds is 6. The van der Waals surface area contributed by atoms with Crippen molar-refractivity contribution in [1.82, 2.24) is 10.2 Å². The summed E-state index contributed by atoms with van der Waals surface area (Å²) in [6, 6.07) is 4.31. The largest absolute Gasteiger partial charge is 0.465 e. The molecule has 0 saturated heterocycles. The Labute approximate surface area is 126 Å². The Balaban J connectivity index is 1.94. The van der Waals surface area contributed by atoms with Crippen LogP contribution in [-0.2, 0) is 19.6 Å². The van der Waals surface area contributed by atoms with Gasteiger partial charge in [0, 0.05) is 33.4 Å². The maximum Gasteiger partial charge on any atom is 0.118 e. The molecular formula is C14H19BrN2OS. The van der Waals surface area contributed by atoms with Crippen molar-refractivity contribution in [2.75, 3.05) is 14.1 Å². The summed E-state index contributed by atoms with van der Waals surface area (Å²) >= 11 is 5.26. The van der Waals surface area contributed by atoms with Crippen molar-refractivity contribution in [3.8, 4) is 0 Å². The lowest BCUT2D eigenvalue weighted by molar-refractivity contribution is 0.287. The fourth-order valence-corrected chi connectivity index (χ4v) is 3.59. The summed E-state index contributed by atoms with van der Waals surface area (Å²) in [5.41, 5.74) is 1.24. The Morgan fingerprint density at radius 3 is 2.79 bits per heavy atom. The maximum atomic E-state index is 5.79. The minimum Gasteiger partial charge on any atom is -0.465 e. The number of aryl methyl sites for hydroxylation is 1. The summed E-state index contributed by atoms with van der Waals surface area (Å²) in [5.74, 6) is 2.04. The Bertz CT molecular complexity index is 535. The minimum atomic E-state index is 0.833. The third-order valence-electron chi connectivity index (χ3n) is 2.91. The fraction of sp³-hybridized carbons (Fsp3) is 0.429. The van der Waals surface area contributed by atoms with Crippen LogP contribution in [0.25, 0.3) is 0 Å². The summed E-state index contributed by atoms with van der Waals surface area (Å²) in [6.07, 6.45) is 0. The SMILES string of the molecule is CNCc1cc(CN(C)Cc2cc(Br)cs2)oc1C. The maximum absolute atomic E-state index is 5.79. The monoisotopic (exact) mass is 342 g/mol. The average molecular weight is 343 g/mol. The van der Waals surface area contributed by atoms with Gasteiger partial charge in [0.25, 0.3) is 0 Å². The van der Waals surface area contributed by atoms with Crippen molar-refractivity contribution in [3.05, 3.63) is 43.9 Å². The van der Waals surface area contributed by atoms with Crippen molar-refractivity contribution < 1.29 is 4.42 Å². The molecule has 2 heterocycles. The summed E-state index contributed by atoms with van der Waals surface area (Å²) in [6.45, 7) is 4.65. The number of halogens is 1. The molecule has 0 amide bonds. The van der Waals surface area contributed by atoms with Crippen LogP contribution < -0.4 is 5.32 Å². The predicted molar refractivity (Wildman–Crippen MR) is 83.4 cm³/mol. The second kappa shape index (κ2) is 6.70. The van der Waals surface area contributed by atoms with Gasteiger partial charge in [0.15, 0.2) is 0 Å². The molecule has 3 nitrogen and oxygen atoms in total. The predicted octanol–water partition coefficient (Wildman–Crippen LogP) is 3.76. The lowest BCUT2D eigenvalue weighted by Gasteiger charge is -2.13. The van der Waals surface area contributed by atoms with Crippen LogP contribution in [0.15, 0.2) is 26.4 Å². The van der Waals surface area contributed by atoms with Crippen LogP contribution in [0.3, 0.4) is 0 Å². The second-order valence-corrected chi connectivity index (χ2v) is 6.64. The topological polar surface area (TPSA) is 28.4 Å². The zero-order valence-electron chi connectivity index (χ0n) is 11.5. The van der Waals surface area contributed by atoms with Gasteiger partial charge in [0.05, 0.1) is 6.54 Å². The van der Waals surface area contributed by atoms with Crippen molar-refractivity contribution >= 4 is 27.3 Å². The molecule has 0 atom stereocenters. The van der Waals surface area contributed by atoms with Gasteiger partial charge in [-0.25, -0.2) is 0 Å². The van der Waals surface area contributed by atoms with Crippen LogP contribution in [0.2, 0.25) is 0 Å². The zero-order valence-corrected chi connectivity index (χ0v) is 13.9. The number of nitrogens with one attached hydrogen (secondary N) is 1. The minimum absolute atomic E-state index is 0.833. The van der Waals surface area contributed by atoms with Crippen LogP contribution in [0.5, 0.6) is 0 Å². The first-order valence-corrected chi connectivity index (χ1v) is 7.90. The van der Waals surface area contributed by atoms with E-state index >= 15 is 0 Å². The fourth-order valence-electron chi connectivity index (χ4n) is 2.06. The third-order valence-corrected chi connectivity index (χ3v) is 4.59. The van der Waals surface area contributed by atoms with E-state index in [0.717, 1.165) is 35.6 Å². The average Bonchev–Trinajstić information content (AvgIpc) is 2.87. The van der Waals surface area contributed by atoms with Crippen molar-refractivity contribution in [1.29, 1.82) is 0 Å². The van der Waals surface area contributed by atoms with Gasteiger partial charge in [-0.1, -0.05) is 0 Å². The Morgan fingerprint density at radius 1 is 1.37 bits per heavy atom. The van der Waals surface area contributed by atoms with Gasteiger partial charge in [-0.2, -0.15) is 0 Å². The number of nitrogens with zero attached hydrogens (tertiary/aromatic N) is 1. The molecule has 104 valence electrons. The Hall–Kier alpha value is -0.620. The Kier molecular flexibility index (Phi) is 5.21. The van der Waals surface area contributed by atoms with Gasteiger partial charge < -0.3 is 9.73 Å². The third kappa shape index (κ3) is 4.18. The molecule has 0 bridgehead atoms. The quantitative estimate of drug-likeness (QED) is 0.866. The first-order valence-electron chi connectivity index (χ1n) is 6.22. The lowest BCUT2D eigenvalue weighted by Crippen LogP contribution is -2.16. The smallest absolute Gasteiger partial charge is 0.118 e. The van der Waals surface area contributed by atoms with E-state index in [0.29, 0.717) is 0 Å². The molecule has 2 aromatic heterocycles. The molecule has 0 aliphatic heterocycles. The second-order valence-electron chi connectivity index (χ2n) is 4.73. The molecule has 0 unspecified atom stereocenters. The number of furan rings is 1. The highest BCUT2D eigenvalue weighted by molar-refractivity contribution is 9.10. The van der Waals surface area contributed by atoms with Crippen molar-refractivity contribution in [2.24, 2.45) is 0 Å². The molecule has 1 N–H and O–H groups in total. The number of hydrogen-bond donors (Lipinski definition) is 1. The normalized spacial score (nSPS) is 11.4. The van der Waals surface area contributed by atoms with Crippen LogP contribution in [0, 0.1) is 6.92 Å². The van der Waals surface area contributed by atoms with Crippen molar-refractivity contribution in [3.63, 3.8) is 0 Å². The van der Waals surface area contributed by atoms with E-state index in [-0.39, 0.29) is 0 Å². The van der Waals surface area contributed by atoms with Gasteiger partial charge >= 0.3 is 0 Å². The summed E-state index contributed by atoms with van der Waals surface area (Å²) in [5, 5.41) is 5.27. The van der Waals surface area contributed by atoms with Gasteiger partial charge in [0.1, 0.15) is 11.5 Å². The van der Waals surface area contributed by atoms with E-state index < -0.39 is 0 Å². The van der Waals surface area contributed by atoms with Gasteiger partial charge in [-0.3, -0.25) is 4.90 Å². The molecule has 0 aliphatic rings. The molecule has 5 heteroatoms. The van der Waals surface area contributed by atoms with E-state index in [4.69, 9.17) is 4.42 Å². The highest BCUT2D eigenvalue weighted by atomic mass is 79.9. The highest BCUT2D eigenvalue weighted by Crippen LogP contribution is 2.22. The first-order chi connectivity index (χ1) is 9.08. The summed E-state index contributed by atoms with van der Waals surface area (Å²) < 4.78 is 6.95. The summed E-state index contributed by atoms with van der Waals surface area (Å²) in [7, 11) is 4.07. The summed E-state index contributed by atoms with van der Waals surface area (Å²) in [4.78, 5) is 3.62. The molecule has 0 spiro atoms. The van der Waals surface area contributed by atoms with Crippen LogP contribution >= 0.6 is 27.3 Å². The highest BCUT2D eigenvalue weighted by Gasteiger charge is 2.10.